The Bertz CT molecular complexity index is 1280. The molecule has 186 valence electrons. The second-order valence-electron chi connectivity index (χ2n) is 9.33. The second-order valence-corrected chi connectivity index (χ2v) is 9.33. The molecule has 1 aliphatic rings. The van der Waals surface area contributed by atoms with Crippen LogP contribution in [0.15, 0.2) is 79.0 Å². The van der Waals surface area contributed by atoms with Crippen molar-refractivity contribution in [1.82, 2.24) is 19.6 Å². The maximum Gasteiger partial charge on any atom is 0.123 e. The quantitative estimate of drug-likeness (QED) is 0.313. The smallest absolute Gasteiger partial charge is 0.123 e. The fourth-order valence-corrected chi connectivity index (χ4v) is 4.94. The van der Waals surface area contributed by atoms with Gasteiger partial charge in [-0.2, -0.15) is 5.10 Å². The summed E-state index contributed by atoms with van der Waals surface area (Å²) in [6.45, 7) is 8.63. The van der Waals surface area contributed by atoms with Crippen LogP contribution < -0.4 is 4.74 Å². The molecule has 1 saturated heterocycles. The van der Waals surface area contributed by atoms with Gasteiger partial charge in [-0.25, -0.2) is 9.07 Å². The number of hydrogen-bond donors (Lipinski definition) is 0. The number of hydrogen-bond acceptors (Lipinski definition) is 4. The van der Waals surface area contributed by atoms with E-state index < -0.39 is 0 Å². The number of methoxy groups -OCH3 is 1. The number of nitrogens with zero attached hydrogens (tertiary/aromatic N) is 4. The Morgan fingerprint density at radius 1 is 0.833 bits per heavy atom. The normalized spacial score (nSPS) is 14.8. The first kappa shape index (κ1) is 24.2. The van der Waals surface area contributed by atoms with E-state index in [2.05, 4.69) is 53.1 Å². The third kappa shape index (κ3) is 5.35. The molecule has 0 N–H and O–H groups in total. The zero-order valence-electron chi connectivity index (χ0n) is 21.0. The molecule has 36 heavy (non-hydrogen) atoms. The Hall–Kier alpha value is -3.48. The average molecular weight is 485 g/mol. The Morgan fingerprint density at radius 2 is 1.50 bits per heavy atom. The summed E-state index contributed by atoms with van der Waals surface area (Å²) in [5.41, 5.74) is 6.37. The van der Waals surface area contributed by atoms with Gasteiger partial charge in [-0.05, 0) is 60.5 Å². The molecule has 0 aliphatic carbocycles. The van der Waals surface area contributed by atoms with Crippen molar-refractivity contribution in [2.45, 2.75) is 19.9 Å². The Balaban J connectivity index is 1.46. The van der Waals surface area contributed by atoms with Crippen LogP contribution in [0.5, 0.6) is 5.75 Å². The van der Waals surface area contributed by atoms with Crippen molar-refractivity contribution in [3.63, 3.8) is 0 Å². The Labute approximate surface area is 212 Å². The molecule has 0 saturated carbocycles. The fourth-order valence-electron chi connectivity index (χ4n) is 4.94. The summed E-state index contributed by atoms with van der Waals surface area (Å²) in [5.74, 6) is 0.597. The van der Waals surface area contributed by atoms with Crippen LogP contribution in [0, 0.1) is 5.82 Å². The second kappa shape index (κ2) is 11.1. The van der Waals surface area contributed by atoms with E-state index >= 15 is 0 Å². The maximum atomic E-state index is 13.3. The van der Waals surface area contributed by atoms with Gasteiger partial charge < -0.3 is 9.64 Å². The highest BCUT2D eigenvalue weighted by atomic mass is 19.1. The Morgan fingerprint density at radius 3 is 2.17 bits per heavy atom. The number of piperazine rings is 1. The molecular formula is C30H33FN4O. The van der Waals surface area contributed by atoms with E-state index in [1.54, 1.807) is 19.2 Å². The molecule has 1 aliphatic heterocycles. The lowest BCUT2D eigenvalue weighted by Gasteiger charge is -2.34. The van der Waals surface area contributed by atoms with Crippen molar-refractivity contribution in [2.75, 3.05) is 39.8 Å². The SMILES string of the molecule is CCCN1CCN(Cc2cnn(-c3ccc(-c4ccc(F)cc4)cc3)c2-c2cccc(OC)c2)CC1. The largest absolute Gasteiger partial charge is 0.497 e. The third-order valence-electron chi connectivity index (χ3n) is 6.88. The molecule has 0 radical (unpaired) electrons. The van der Waals surface area contributed by atoms with Crippen LogP contribution in [0.1, 0.15) is 18.9 Å². The summed E-state index contributed by atoms with van der Waals surface area (Å²) in [5, 5.41) is 4.83. The van der Waals surface area contributed by atoms with Gasteiger partial charge in [0.2, 0.25) is 0 Å². The first-order chi connectivity index (χ1) is 17.6. The molecule has 0 spiro atoms. The Kier molecular flexibility index (Phi) is 7.44. The fraction of sp³-hybridized carbons (Fsp3) is 0.300. The highest BCUT2D eigenvalue weighted by molar-refractivity contribution is 5.69. The van der Waals surface area contributed by atoms with Crippen LogP contribution in [-0.2, 0) is 6.54 Å². The van der Waals surface area contributed by atoms with Gasteiger partial charge in [0, 0.05) is 43.9 Å². The van der Waals surface area contributed by atoms with Crippen molar-refractivity contribution < 1.29 is 9.13 Å². The van der Waals surface area contributed by atoms with E-state index in [1.165, 1.54) is 30.7 Å². The molecular weight excluding hydrogens is 451 g/mol. The number of ether oxygens (including phenoxy) is 1. The zero-order valence-corrected chi connectivity index (χ0v) is 21.0. The monoisotopic (exact) mass is 484 g/mol. The predicted molar refractivity (Wildman–Crippen MR) is 143 cm³/mol. The topological polar surface area (TPSA) is 33.5 Å². The van der Waals surface area contributed by atoms with Gasteiger partial charge in [-0.3, -0.25) is 4.90 Å². The van der Waals surface area contributed by atoms with Crippen LogP contribution in [0.3, 0.4) is 0 Å². The van der Waals surface area contributed by atoms with Gasteiger partial charge in [-0.1, -0.05) is 43.3 Å². The van der Waals surface area contributed by atoms with Crippen molar-refractivity contribution in [3.05, 3.63) is 90.4 Å². The molecule has 5 nitrogen and oxygen atoms in total. The zero-order chi connectivity index (χ0) is 24.9. The van der Waals surface area contributed by atoms with Crippen LogP contribution in [0.2, 0.25) is 0 Å². The van der Waals surface area contributed by atoms with Gasteiger partial charge in [0.25, 0.3) is 0 Å². The molecule has 4 aromatic rings. The first-order valence-electron chi connectivity index (χ1n) is 12.7. The molecule has 1 aromatic heterocycles. The van der Waals surface area contributed by atoms with E-state index in [-0.39, 0.29) is 5.82 Å². The maximum absolute atomic E-state index is 13.3. The van der Waals surface area contributed by atoms with E-state index in [0.717, 1.165) is 66.5 Å². The summed E-state index contributed by atoms with van der Waals surface area (Å²) in [7, 11) is 1.70. The van der Waals surface area contributed by atoms with Crippen LogP contribution in [0.25, 0.3) is 28.1 Å². The molecule has 1 fully saturated rings. The van der Waals surface area contributed by atoms with Crippen molar-refractivity contribution >= 4 is 0 Å². The van der Waals surface area contributed by atoms with Gasteiger partial charge >= 0.3 is 0 Å². The molecule has 2 heterocycles. The minimum absolute atomic E-state index is 0.228. The lowest BCUT2D eigenvalue weighted by Crippen LogP contribution is -2.46. The summed E-state index contributed by atoms with van der Waals surface area (Å²) in [4.78, 5) is 5.07. The summed E-state index contributed by atoms with van der Waals surface area (Å²) < 4.78 is 20.9. The number of benzene rings is 3. The highest BCUT2D eigenvalue weighted by Crippen LogP contribution is 2.31. The predicted octanol–water partition coefficient (Wildman–Crippen LogP) is 5.88. The van der Waals surface area contributed by atoms with Crippen LogP contribution >= 0.6 is 0 Å². The third-order valence-corrected chi connectivity index (χ3v) is 6.88. The lowest BCUT2D eigenvalue weighted by molar-refractivity contribution is 0.127. The summed E-state index contributed by atoms with van der Waals surface area (Å²) >= 11 is 0. The number of rotatable bonds is 8. The molecule has 0 unspecified atom stereocenters. The number of aromatic nitrogens is 2. The summed E-state index contributed by atoms with van der Waals surface area (Å²) in [6.07, 6.45) is 3.20. The average Bonchev–Trinajstić information content (AvgIpc) is 3.34. The van der Waals surface area contributed by atoms with Crippen molar-refractivity contribution in [2.24, 2.45) is 0 Å². The molecule has 0 amide bonds. The van der Waals surface area contributed by atoms with E-state index in [4.69, 9.17) is 9.84 Å². The van der Waals surface area contributed by atoms with E-state index in [9.17, 15) is 4.39 Å². The van der Waals surface area contributed by atoms with E-state index in [1.807, 2.05) is 23.0 Å². The van der Waals surface area contributed by atoms with E-state index in [0.29, 0.717) is 0 Å². The van der Waals surface area contributed by atoms with Gasteiger partial charge in [0.1, 0.15) is 11.6 Å². The minimum atomic E-state index is -0.228. The van der Waals surface area contributed by atoms with Crippen molar-refractivity contribution in [1.29, 1.82) is 0 Å². The minimum Gasteiger partial charge on any atom is -0.497 e. The molecule has 3 aromatic carbocycles. The molecule has 6 heteroatoms. The van der Waals surface area contributed by atoms with Crippen LogP contribution in [-0.4, -0.2) is 59.4 Å². The lowest BCUT2D eigenvalue weighted by atomic mass is 10.0. The molecule has 5 rings (SSSR count). The van der Waals surface area contributed by atoms with Crippen LogP contribution in [0.4, 0.5) is 4.39 Å². The van der Waals surface area contributed by atoms with Gasteiger partial charge in [-0.15, -0.1) is 0 Å². The van der Waals surface area contributed by atoms with Gasteiger partial charge in [0.15, 0.2) is 0 Å². The summed E-state index contributed by atoms with van der Waals surface area (Å²) in [6, 6.07) is 23.0. The number of halogens is 1. The highest BCUT2D eigenvalue weighted by Gasteiger charge is 2.21. The first-order valence-corrected chi connectivity index (χ1v) is 12.7. The van der Waals surface area contributed by atoms with Gasteiger partial charge in [0.05, 0.1) is 24.7 Å². The standard InChI is InChI=1S/C30H33FN4O/c1-3-15-33-16-18-34(19-17-33)22-26-21-32-35(30(26)25-5-4-6-29(20-25)36-2)28-13-9-24(10-14-28)23-7-11-27(31)12-8-23/h4-14,20-21H,3,15-19,22H2,1-2H3. The molecule has 0 bridgehead atoms. The molecule has 0 atom stereocenters. The van der Waals surface area contributed by atoms with Crippen molar-refractivity contribution in [3.8, 4) is 33.8 Å².